The zero-order valence-corrected chi connectivity index (χ0v) is 17.0. The Hall–Kier alpha value is -2.57. The van der Waals surface area contributed by atoms with E-state index >= 15 is 0 Å². The molecule has 0 bridgehead atoms. The maximum absolute atomic E-state index is 12.0. The van der Waals surface area contributed by atoms with Crippen molar-refractivity contribution in [1.29, 1.82) is 0 Å². The molecule has 1 heterocycles. The molecule has 2 amide bonds. The molecular weight excluding hydrogens is 342 g/mol. The van der Waals surface area contributed by atoms with Crippen molar-refractivity contribution >= 4 is 17.8 Å². The van der Waals surface area contributed by atoms with Gasteiger partial charge in [-0.3, -0.25) is 9.59 Å². The van der Waals surface area contributed by atoms with Gasteiger partial charge in [0.15, 0.2) is 5.96 Å². The highest BCUT2D eigenvalue weighted by Gasteiger charge is 2.27. The minimum absolute atomic E-state index is 0.0312. The molecule has 148 valence electrons. The van der Waals surface area contributed by atoms with Crippen LogP contribution in [0.25, 0.3) is 0 Å². The van der Waals surface area contributed by atoms with Crippen LogP contribution in [-0.2, 0) is 9.59 Å². The third-order valence-corrected chi connectivity index (χ3v) is 4.88. The van der Waals surface area contributed by atoms with Crippen LogP contribution in [0, 0.1) is 6.92 Å². The molecule has 1 unspecified atom stereocenters. The number of amides is 2. The van der Waals surface area contributed by atoms with Crippen molar-refractivity contribution < 1.29 is 9.59 Å². The van der Waals surface area contributed by atoms with Gasteiger partial charge in [0, 0.05) is 47.2 Å². The Morgan fingerprint density at radius 3 is 2.44 bits per heavy atom. The first kappa shape index (κ1) is 20.7. The van der Waals surface area contributed by atoms with E-state index in [1.165, 1.54) is 20.9 Å². The van der Waals surface area contributed by atoms with Crippen molar-refractivity contribution in [3.63, 3.8) is 0 Å². The van der Waals surface area contributed by atoms with Crippen LogP contribution < -0.4 is 5.32 Å². The van der Waals surface area contributed by atoms with E-state index in [4.69, 9.17) is 0 Å². The predicted octanol–water partition coefficient (Wildman–Crippen LogP) is 0.906. The van der Waals surface area contributed by atoms with E-state index in [1.54, 1.807) is 28.2 Å². The normalized spacial score (nSPS) is 17.0. The maximum Gasteiger partial charge on any atom is 0.243 e. The lowest BCUT2D eigenvalue weighted by atomic mass is 9.94. The number of hydrogen-bond acceptors (Lipinski definition) is 3. The molecule has 1 aliphatic heterocycles. The molecule has 1 N–H and O–H groups in total. The summed E-state index contributed by atoms with van der Waals surface area (Å²) in [5, 5.41) is 3.14. The molecular formula is C20H31N5O2. The molecule has 7 heteroatoms. The van der Waals surface area contributed by atoms with Crippen molar-refractivity contribution in [2.45, 2.75) is 19.3 Å². The first-order valence-electron chi connectivity index (χ1n) is 9.28. The molecule has 1 aromatic rings. The molecule has 27 heavy (non-hydrogen) atoms. The molecule has 7 nitrogen and oxygen atoms in total. The molecule has 0 aromatic heterocycles. The van der Waals surface area contributed by atoms with E-state index < -0.39 is 0 Å². The number of aliphatic imine (C=N–C) groups is 1. The van der Waals surface area contributed by atoms with Gasteiger partial charge in [-0.25, -0.2) is 4.99 Å². The summed E-state index contributed by atoms with van der Waals surface area (Å²) in [5.41, 5.74) is 2.65. The number of likely N-dealkylation sites (tertiary alicyclic amines) is 1. The Bertz CT molecular complexity index is 699. The minimum Gasteiger partial charge on any atom is -0.347 e. The lowest BCUT2D eigenvalue weighted by Gasteiger charge is -2.23. The summed E-state index contributed by atoms with van der Waals surface area (Å²) in [5.74, 6) is 0.947. The van der Waals surface area contributed by atoms with Crippen LogP contribution in [-0.4, -0.2) is 86.8 Å². The van der Waals surface area contributed by atoms with Gasteiger partial charge in [0.25, 0.3) is 0 Å². The summed E-state index contributed by atoms with van der Waals surface area (Å²) in [6.45, 7) is 4.03. The van der Waals surface area contributed by atoms with E-state index in [9.17, 15) is 9.59 Å². The summed E-state index contributed by atoms with van der Waals surface area (Å²) in [6.07, 6.45) is 1.02. The van der Waals surface area contributed by atoms with Crippen molar-refractivity contribution in [2.24, 2.45) is 4.99 Å². The number of carbonyl (C=O) groups is 2. The van der Waals surface area contributed by atoms with Crippen LogP contribution in [0.15, 0.2) is 29.3 Å². The Morgan fingerprint density at radius 1 is 1.15 bits per heavy atom. The fourth-order valence-corrected chi connectivity index (χ4v) is 3.12. The molecule has 1 aliphatic rings. The Balaban J connectivity index is 2.10. The highest BCUT2D eigenvalue weighted by Crippen LogP contribution is 2.29. The number of nitrogens with one attached hydrogen (secondary N) is 1. The summed E-state index contributed by atoms with van der Waals surface area (Å²) in [7, 11) is 6.87. The SMILES string of the molecule is Cc1ccccc1C1CCN(C(=NCC(=O)N(C)C)NCC(=O)N(C)C)C1. The first-order valence-corrected chi connectivity index (χ1v) is 9.28. The van der Waals surface area contributed by atoms with Gasteiger partial charge >= 0.3 is 0 Å². The van der Waals surface area contributed by atoms with Crippen molar-refractivity contribution in [2.75, 3.05) is 54.4 Å². The Labute approximate surface area is 162 Å². The van der Waals surface area contributed by atoms with Gasteiger partial charge in [0.05, 0.1) is 6.54 Å². The van der Waals surface area contributed by atoms with Crippen molar-refractivity contribution in [1.82, 2.24) is 20.0 Å². The molecule has 1 aromatic carbocycles. The average Bonchev–Trinajstić information content (AvgIpc) is 3.11. The van der Waals surface area contributed by atoms with Crippen LogP contribution in [0.5, 0.6) is 0 Å². The van der Waals surface area contributed by atoms with E-state index in [0.717, 1.165) is 19.5 Å². The largest absolute Gasteiger partial charge is 0.347 e. The lowest BCUT2D eigenvalue weighted by molar-refractivity contribution is -0.127. The van der Waals surface area contributed by atoms with Gasteiger partial charge in [0.2, 0.25) is 11.8 Å². The van der Waals surface area contributed by atoms with Gasteiger partial charge in [-0.05, 0) is 24.5 Å². The summed E-state index contributed by atoms with van der Waals surface area (Å²) < 4.78 is 0. The third-order valence-electron chi connectivity index (χ3n) is 4.88. The molecule has 1 saturated heterocycles. The summed E-state index contributed by atoms with van der Waals surface area (Å²) in [4.78, 5) is 33.6. The third kappa shape index (κ3) is 5.70. The molecule has 0 aliphatic carbocycles. The van der Waals surface area contributed by atoms with Crippen LogP contribution in [0.4, 0.5) is 0 Å². The number of guanidine groups is 1. The summed E-state index contributed by atoms with van der Waals surface area (Å²) >= 11 is 0. The fraction of sp³-hybridized carbons (Fsp3) is 0.550. The standard InChI is InChI=1S/C20H31N5O2/c1-15-8-6-7-9-17(15)16-10-11-25(14-16)20(21-12-18(26)23(2)3)22-13-19(27)24(4)5/h6-9,16H,10-14H2,1-5H3,(H,21,22). The zero-order valence-electron chi connectivity index (χ0n) is 17.0. The quantitative estimate of drug-likeness (QED) is 0.615. The number of benzene rings is 1. The molecule has 0 saturated carbocycles. The second-order valence-electron chi connectivity index (χ2n) is 7.36. The number of nitrogens with zero attached hydrogens (tertiary/aromatic N) is 4. The van der Waals surface area contributed by atoms with Crippen molar-refractivity contribution in [3.8, 4) is 0 Å². The number of aryl methyl sites for hydroxylation is 1. The molecule has 0 radical (unpaired) electrons. The topological polar surface area (TPSA) is 68.2 Å². The van der Waals surface area contributed by atoms with Gasteiger partial charge in [-0.1, -0.05) is 24.3 Å². The first-order chi connectivity index (χ1) is 12.8. The molecule has 1 fully saturated rings. The van der Waals surface area contributed by atoms with Gasteiger partial charge in [0.1, 0.15) is 6.54 Å². The highest BCUT2D eigenvalue weighted by molar-refractivity contribution is 5.88. The van der Waals surface area contributed by atoms with Gasteiger partial charge in [-0.2, -0.15) is 0 Å². The van der Waals surface area contributed by atoms with Crippen LogP contribution in [0.3, 0.4) is 0 Å². The molecule has 0 spiro atoms. The van der Waals surface area contributed by atoms with Crippen LogP contribution >= 0.6 is 0 Å². The lowest BCUT2D eigenvalue weighted by Crippen LogP contribution is -2.45. The summed E-state index contributed by atoms with van der Waals surface area (Å²) in [6, 6.07) is 8.44. The number of hydrogen-bond donors (Lipinski definition) is 1. The highest BCUT2D eigenvalue weighted by atomic mass is 16.2. The van der Waals surface area contributed by atoms with Crippen LogP contribution in [0.2, 0.25) is 0 Å². The fourth-order valence-electron chi connectivity index (χ4n) is 3.12. The maximum atomic E-state index is 12.0. The smallest absolute Gasteiger partial charge is 0.243 e. The van der Waals surface area contributed by atoms with E-state index in [-0.39, 0.29) is 24.9 Å². The predicted molar refractivity (Wildman–Crippen MR) is 108 cm³/mol. The van der Waals surface area contributed by atoms with Crippen LogP contribution in [0.1, 0.15) is 23.5 Å². The second-order valence-corrected chi connectivity index (χ2v) is 7.36. The van der Waals surface area contributed by atoms with Gasteiger partial charge < -0.3 is 20.0 Å². The number of carbonyl (C=O) groups excluding carboxylic acids is 2. The zero-order chi connectivity index (χ0) is 20.0. The van der Waals surface area contributed by atoms with E-state index in [1.807, 2.05) is 0 Å². The number of likely N-dealkylation sites (N-methyl/N-ethyl adjacent to an activating group) is 2. The number of rotatable bonds is 5. The molecule has 2 rings (SSSR count). The Morgan fingerprint density at radius 2 is 1.81 bits per heavy atom. The average molecular weight is 374 g/mol. The van der Waals surface area contributed by atoms with E-state index in [2.05, 4.69) is 46.4 Å². The Kier molecular flexibility index (Phi) is 7.21. The van der Waals surface area contributed by atoms with Crippen molar-refractivity contribution in [3.05, 3.63) is 35.4 Å². The monoisotopic (exact) mass is 373 g/mol. The van der Waals surface area contributed by atoms with Gasteiger partial charge in [-0.15, -0.1) is 0 Å². The minimum atomic E-state index is -0.0668. The van der Waals surface area contributed by atoms with E-state index in [0.29, 0.717) is 11.9 Å². The molecule has 1 atom stereocenters. The second kappa shape index (κ2) is 9.39.